The van der Waals surface area contributed by atoms with Crippen molar-refractivity contribution in [3.8, 4) is 12.3 Å². The van der Waals surface area contributed by atoms with Crippen molar-refractivity contribution in [2.45, 2.75) is 19.5 Å². The number of carbonyl (C=O) groups excluding carboxylic acids is 1. The summed E-state index contributed by atoms with van der Waals surface area (Å²) in [4.78, 5) is 44.7. The van der Waals surface area contributed by atoms with Crippen LogP contribution in [-0.2, 0) is 6.54 Å². The fourth-order valence-corrected chi connectivity index (χ4v) is 4.12. The van der Waals surface area contributed by atoms with Crippen LogP contribution in [0.2, 0.25) is 0 Å². The average molecular weight is 512 g/mol. The van der Waals surface area contributed by atoms with Crippen LogP contribution >= 0.6 is 0 Å². The van der Waals surface area contributed by atoms with Crippen molar-refractivity contribution >= 4 is 28.2 Å². The Bertz CT molecular complexity index is 1590. The molecule has 0 aliphatic heterocycles. The van der Waals surface area contributed by atoms with Gasteiger partial charge in [0.15, 0.2) is 0 Å². The molecular weight excluding hydrogens is 486 g/mol. The molecule has 4 aromatic rings. The summed E-state index contributed by atoms with van der Waals surface area (Å²) in [6.45, 7) is 2.03. The number of carbonyl (C=O) groups is 1. The van der Waals surface area contributed by atoms with Gasteiger partial charge in [-0.2, -0.15) is 0 Å². The van der Waals surface area contributed by atoms with Gasteiger partial charge in [0.1, 0.15) is 5.82 Å². The number of aliphatic hydroxyl groups excluding tert-OH is 1. The monoisotopic (exact) mass is 511 g/mol. The van der Waals surface area contributed by atoms with Crippen molar-refractivity contribution in [1.29, 1.82) is 0 Å². The summed E-state index contributed by atoms with van der Waals surface area (Å²) in [5.41, 5.74) is 2.68. The molecule has 1 atom stereocenters. The zero-order valence-electron chi connectivity index (χ0n) is 20.5. The van der Waals surface area contributed by atoms with E-state index in [4.69, 9.17) is 6.42 Å². The number of benzene rings is 3. The number of aromatic amines is 1. The number of H-pyrrole nitrogens is 1. The Morgan fingerprint density at radius 2 is 1.97 bits per heavy atom. The van der Waals surface area contributed by atoms with Crippen LogP contribution < -0.4 is 15.8 Å². The van der Waals surface area contributed by atoms with Gasteiger partial charge in [0, 0.05) is 29.9 Å². The molecule has 0 fully saturated rings. The van der Waals surface area contributed by atoms with Gasteiger partial charge in [-0.1, -0.05) is 24.1 Å². The molecule has 1 unspecified atom stereocenters. The highest BCUT2D eigenvalue weighted by molar-refractivity contribution is 5.94. The number of nitrogens with one attached hydrogen (secondary N) is 2. The molecule has 0 aliphatic carbocycles. The van der Waals surface area contributed by atoms with Gasteiger partial charge >= 0.3 is 0 Å². The highest BCUT2D eigenvalue weighted by Crippen LogP contribution is 2.22. The van der Waals surface area contributed by atoms with Crippen LogP contribution in [0.15, 0.2) is 71.5 Å². The molecule has 3 aromatic carbocycles. The summed E-state index contributed by atoms with van der Waals surface area (Å²) in [5, 5.41) is 24.0. The highest BCUT2D eigenvalue weighted by atomic mass is 16.6. The van der Waals surface area contributed by atoms with Gasteiger partial charge in [0.25, 0.3) is 17.2 Å². The number of aliphatic hydroxyl groups is 1. The Morgan fingerprint density at radius 3 is 2.66 bits per heavy atom. The van der Waals surface area contributed by atoms with Crippen LogP contribution in [0.1, 0.15) is 33.4 Å². The second kappa shape index (κ2) is 11.4. The van der Waals surface area contributed by atoms with Gasteiger partial charge in [0.05, 0.1) is 35.0 Å². The molecule has 0 radical (unpaired) electrons. The van der Waals surface area contributed by atoms with Gasteiger partial charge in [-0.05, 0) is 54.4 Å². The minimum absolute atomic E-state index is 0.129. The molecular formula is C28H25N5O5. The molecule has 0 saturated carbocycles. The van der Waals surface area contributed by atoms with E-state index in [1.165, 1.54) is 18.2 Å². The number of terminal acetylenes is 1. The average Bonchev–Trinajstić information content (AvgIpc) is 2.91. The molecule has 38 heavy (non-hydrogen) atoms. The number of hydrogen-bond acceptors (Lipinski definition) is 7. The van der Waals surface area contributed by atoms with Crippen molar-refractivity contribution in [2.75, 3.05) is 18.1 Å². The van der Waals surface area contributed by atoms with Crippen molar-refractivity contribution in [2.24, 2.45) is 0 Å². The maximum Gasteiger partial charge on any atom is 0.269 e. The summed E-state index contributed by atoms with van der Waals surface area (Å²) in [6.07, 6.45) is 5.60. The van der Waals surface area contributed by atoms with E-state index >= 15 is 0 Å². The third-order valence-corrected chi connectivity index (χ3v) is 6.01. The molecule has 192 valence electrons. The van der Waals surface area contributed by atoms with E-state index in [9.17, 15) is 24.8 Å². The van der Waals surface area contributed by atoms with Gasteiger partial charge in [-0.3, -0.25) is 19.7 Å². The molecule has 1 heterocycles. The number of nitro benzene ring substituents is 1. The fraction of sp³-hybridized carbons (Fsp3) is 0.179. The number of aromatic nitrogens is 2. The molecule has 10 heteroatoms. The SMILES string of the molecule is C#CCN(Cc1ccc2nc(C)[nH]c(=O)c2c1)c1ccc(C(=O)NC(CO)c2cccc([N+](=O)[O-])c2)cc1. The number of amides is 1. The van der Waals surface area contributed by atoms with Crippen molar-refractivity contribution in [1.82, 2.24) is 15.3 Å². The third kappa shape index (κ3) is 5.86. The van der Waals surface area contributed by atoms with E-state index in [-0.39, 0.29) is 11.2 Å². The fourth-order valence-electron chi connectivity index (χ4n) is 4.12. The van der Waals surface area contributed by atoms with E-state index in [2.05, 4.69) is 21.2 Å². The molecule has 1 amide bonds. The molecule has 0 saturated heterocycles. The van der Waals surface area contributed by atoms with Gasteiger partial charge < -0.3 is 20.3 Å². The van der Waals surface area contributed by atoms with E-state index in [0.717, 1.165) is 11.3 Å². The Morgan fingerprint density at radius 1 is 1.21 bits per heavy atom. The molecule has 0 bridgehead atoms. The van der Waals surface area contributed by atoms with Crippen LogP contribution in [0.5, 0.6) is 0 Å². The number of fused-ring (bicyclic) bond motifs is 1. The topological polar surface area (TPSA) is 141 Å². The van der Waals surface area contributed by atoms with Crippen LogP contribution in [0.25, 0.3) is 10.9 Å². The minimum Gasteiger partial charge on any atom is -0.394 e. The number of aryl methyl sites for hydroxylation is 1. The maximum absolute atomic E-state index is 12.8. The lowest BCUT2D eigenvalue weighted by atomic mass is 10.1. The predicted octanol–water partition coefficient (Wildman–Crippen LogP) is 3.24. The van der Waals surface area contributed by atoms with Crippen molar-refractivity contribution in [3.63, 3.8) is 0 Å². The summed E-state index contributed by atoms with van der Waals surface area (Å²) < 4.78 is 0. The minimum atomic E-state index is -0.811. The molecule has 4 rings (SSSR count). The summed E-state index contributed by atoms with van der Waals surface area (Å²) in [6, 6.07) is 17.2. The highest BCUT2D eigenvalue weighted by Gasteiger charge is 2.18. The third-order valence-electron chi connectivity index (χ3n) is 6.01. The van der Waals surface area contributed by atoms with Gasteiger partial charge in [0.2, 0.25) is 0 Å². The lowest BCUT2D eigenvalue weighted by Gasteiger charge is -2.23. The van der Waals surface area contributed by atoms with Crippen molar-refractivity contribution < 1.29 is 14.8 Å². The van der Waals surface area contributed by atoms with Crippen LogP contribution in [-0.4, -0.2) is 39.1 Å². The Hall–Kier alpha value is -5.01. The van der Waals surface area contributed by atoms with E-state index in [0.29, 0.717) is 40.9 Å². The Labute approximate surface area is 218 Å². The number of anilines is 1. The van der Waals surface area contributed by atoms with E-state index < -0.39 is 23.5 Å². The van der Waals surface area contributed by atoms with Crippen LogP contribution in [0.4, 0.5) is 11.4 Å². The Balaban J connectivity index is 1.50. The first-order valence-corrected chi connectivity index (χ1v) is 11.7. The standard InChI is InChI=1S/C28H25N5O5/c1-3-13-32(16-19-7-12-25-24(14-19)28(36)30-18(2)29-25)22-10-8-20(9-11-22)27(35)31-26(17-34)21-5-4-6-23(15-21)33(37)38/h1,4-12,14-15,26,34H,13,16-17H2,2H3,(H,31,35)(H,29,30,36). The molecule has 0 aliphatic rings. The zero-order valence-corrected chi connectivity index (χ0v) is 20.5. The second-order valence-corrected chi connectivity index (χ2v) is 8.67. The maximum atomic E-state index is 12.8. The predicted molar refractivity (Wildman–Crippen MR) is 144 cm³/mol. The summed E-state index contributed by atoms with van der Waals surface area (Å²) in [7, 11) is 0. The van der Waals surface area contributed by atoms with Crippen molar-refractivity contribution in [3.05, 3.63) is 110 Å². The summed E-state index contributed by atoms with van der Waals surface area (Å²) in [5.74, 6) is 2.74. The molecule has 3 N–H and O–H groups in total. The first-order chi connectivity index (χ1) is 18.3. The van der Waals surface area contributed by atoms with Gasteiger partial charge in [-0.25, -0.2) is 4.98 Å². The quantitative estimate of drug-likeness (QED) is 0.178. The number of hydrogen-bond donors (Lipinski definition) is 3. The molecule has 10 nitrogen and oxygen atoms in total. The second-order valence-electron chi connectivity index (χ2n) is 8.67. The summed E-state index contributed by atoms with van der Waals surface area (Å²) >= 11 is 0. The van der Waals surface area contributed by atoms with E-state index in [1.807, 2.05) is 11.0 Å². The van der Waals surface area contributed by atoms with Gasteiger partial charge in [-0.15, -0.1) is 6.42 Å². The zero-order chi connectivity index (χ0) is 27.2. The lowest BCUT2D eigenvalue weighted by Crippen LogP contribution is -2.31. The first-order valence-electron chi connectivity index (χ1n) is 11.7. The van der Waals surface area contributed by atoms with Crippen LogP contribution in [0.3, 0.4) is 0 Å². The van der Waals surface area contributed by atoms with Crippen LogP contribution in [0, 0.1) is 29.4 Å². The smallest absolute Gasteiger partial charge is 0.269 e. The molecule has 1 aromatic heterocycles. The number of rotatable bonds is 9. The number of nitro groups is 1. The number of non-ortho nitro benzene ring substituents is 1. The Kier molecular flexibility index (Phi) is 7.80. The molecule has 0 spiro atoms. The lowest BCUT2D eigenvalue weighted by molar-refractivity contribution is -0.384. The first kappa shape index (κ1) is 26.1. The normalized spacial score (nSPS) is 11.5. The van der Waals surface area contributed by atoms with E-state index in [1.54, 1.807) is 49.4 Å². The largest absolute Gasteiger partial charge is 0.394 e. The number of nitrogens with zero attached hydrogens (tertiary/aromatic N) is 3.